The van der Waals surface area contributed by atoms with Crippen LogP contribution < -0.4 is 5.73 Å². The SMILES string of the molecule is Cc1cnn(-c2nc(N)sc2C)c1. The summed E-state index contributed by atoms with van der Waals surface area (Å²) in [6.45, 7) is 3.98. The van der Waals surface area contributed by atoms with E-state index in [-0.39, 0.29) is 0 Å². The lowest BCUT2D eigenvalue weighted by Crippen LogP contribution is -1.96. The Kier molecular flexibility index (Phi) is 1.81. The number of nitrogen functional groups attached to an aromatic ring is 1. The molecule has 5 heteroatoms. The number of hydrogen-bond donors (Lipinski definition) is 1. The molecule has 68 valence electrons. The first-order valence-corrected chi connectivity index (χ1v) is 4.73. The van der Waals surface area contributed by atoms with Gasteiger partial charge in [0.15, 0.2) is 10.9 Å². The van der Waals surface area contributed by atoms with Crippen LogP contribution in [0, 0.1) is 13.8 Å². The summed E-state index contributed by atoms with van der Waals surface area (Å²) in [5.41, 5.74) is 6.71. The van der Waals surface area contributed by atoms with E-state index in [4.69, 9.17) is 5.73 Å². The highest BCUT2D eigenvalue weighted by Gasteiger charge is 2.07. The number of hydrogen-bond acceptors (Lipinski definition) is 4. The van der Waals surface area contributed by atoms with Crippen LogP contribution in [0.3, 0.4) is 0 Å². The summed E-state index contributed by atoms with van der Waals surface area (Å²) in [6, 6.07) is 0. The van der Waals surface area contributed by atoms with E-state index in [0.29, 0.717) is 5.13 Å². The molecule has 0 aliphatic carbocycles. The highest BCUT2D eigenvalue weighted by molar-refractivity contribution is 7.15. The van der Waals surface area contributed by atoms with Gasteiger partial charge in [-0.2, -0.15) is 5.10 Å². The average molecular weight is 194 g/mol. The predicted molar refractivity (Wildman–Crippen MR) is 53.1 cm³/mol. The van der Waals surface area contributed by atoms with Crippen molar-refractivity contribution in [1.82, 2.24) is 14.8 Å². The van der Waals surface area contributed by atoms with Crippen molar-refractivity contribution in [2.24, 2.45) is 0 Å². The van der Waals surface area contributed by atoms with Gasteiger partial charge in [-0.3, -0.25) is 0 Å². The van der Waals surface area contributed by atoms with E-state index in [1.54, 1.807) is 10.9 Å². The molecule has 0 atom stereocenters. The molecule has 0 aliphatic rings. The van der Waals surface area contributed by atoms with E-state index < -0.39 is 0 Å². The number of nitrogens with two attached hydrogens (primary N) is 1. The zero-order valence-electron chi connectivity index (χ0n) is 7.48. The molecule has 0 aliphatic heterocycles. The zero-order valence-corrected chi connectivity index (χ0v) is 8.30. The molecule has 0 fully saturated rings. The fraction of sp³-hybridized carbons (Fsp3) is 0.250. The van der Waals surface area contributed by atoms with Crippen molar-refractivity contribution in [2.45, 2.75) is 13.8 Å². The Morgan fingerprint density at radius 1 is 1.46 bits per heavy atom. The molecule has 2 aromatic heterocycles. The van der Waals surface area contributed by atoms with Crippen molar-refractivity contribution < 1.29 is 0 Å². The molecule has 0 spiro atoms. The lowest BCUT2D eigenvalue weighted by Gasteiger charge is -1.95. The lowest BCUT2D eigenvalue weighted by atomic mass is 10.4. The number of nitrogens with zero attached hydrogens (tertiary/aromatic N) is 3. The van der Waals surface area contributed by atoms with Gasteiger partial charge in [0.05, 0.1) is 6.20 Å². The second-order valence-electron chi connectivity index (χ2n) is 2.89. The van der Waals surface area contributed by atoms with Gasteiger partial charge >= 0.3 is 0 Å². The van der Waals surface area contributed by atoms with Crippen molar-refractivity contribution in [3.63, 3.8) is 0 Å². The van der Waals surface area contributed by atoms with Gasteiger partial charge < -0.3 is 5.73 Å². The van der Waals surface area contributed by atoms with Crippen molar-refractivity contribution in [1.29, 1.82) is 0 Å². The van der Waals surface area contributed by atoms with E-state index in [2.05, 4.69) is 10.1 Å². The molecule has 2 rings (SSSR count). The van der Waals surface area contributed by atoms with Crippen molar-refractivity contribution >= 4 is 16.5 Å². The molecule has 13 heavy (non-hydrogen) atoms. The minimum Gasteiger partial charge on any atom is -0.375 e. The van der Waals surface area contributed by atoms with E-state index in [0.717, 1.165) is 16.3 Å². The third-order valence-corrected chi connectivity index (χ3v) is 2.51. The molecule has 0 amide bonds. The second-order valence-corrected chi connectivity index (χ2v) is 4.13. The van der Waals surface area contributed by atoms with E-state index in [1.165, 1.54) is 11.3 Å². The lowest BCUT2D eigenvalue weighted by molar-refractivity contribution is 0.849. The average Bonchev–Trinajstić information content (AvgIpc) is 2.58. The third-order valence-electron chi connectivity index (χ3n) is 1.72. The standard InChI is InChI=1S/C8H10N4S/c1-5-3-10-12(4-5)7-6(2)13-8(9)11-7/h3-4H,1-2H3,(H2,9,11). The van der Waals surface area contributed by atoms with Gasteiger partial charge in [-0.1, -0.05) is 0 Å². The van der Waals surface area contributed by atoms with Crippen LogP contribution in [0.2, 0.25) is 0 Å². The van der Waals surface area contributed by atoms with Gasteiger partial charge in [0.25, 0.3) is 0 Å². The Balaban J connectivity index is 2.51. The summed E-state index contributed by atoms with van der Waals surface area (Å²) >= 11 is 1.48. The van der Waals surface area contributed by atoms with Crippen LogP contribution in [0.1, 0.15) is 10.4 Å². The van der Waals surface area contributed by atoms with Crippen LogP contribution in [0.15, 0.2) is 12.4 Å². The number of thiazole rings is 1. The fourth-order valence-electron chi connectivity index (χ4n) is 1.15. The molecule has 2 heterocycles. The maximum Gasteiger partial charge on any atom is 0.182 e. The number of rotatable bonds is 1. The Morgan fingerprint density at radius 3 is 2.69 bits per heavy atom. The van der Waals surface area contributed by atoms with Crippen molar-refractivity contribution in [3.8, 4) is 5.82 Å². The van der Waals surface area contributed by atoms with E-state index in [9.17, 15) is 0 Å². The first kappa shape index (κ1) is 8.25. The minimum atomic E-state index is 0.584. The van der Waals surface area contributed by atoms with Crippen LogP contribution in [0.25, 0.3) is 5.82 Å². The number of aryl methyl sites for hydroxylation is 2. The van der Waals surface area contributed by atoms with Crippen molar-refractivity contribution in [3.05, 3.63) is 22.8 Å². The molecule has 4 nitrogen and oxygen atoms in total. The normalized spacial score (nSPS) is 10.6. The zero-order chi connectivity index (χ0) is 9.42. The summed E-state index contributed by atoms with van der Waals surface area (Å²) < 4.78 is 1.75. The predicted octanol–water partition coefficient (Wildman–Crippen LogP) is 1.53. The maximum atomic E-state index is 5.59. The molecule has 2 N–H and O–H groups in total. The van der Waals surface area contributed by atoms with E-state index in [1.807, 2.05) is 20.0 Å². The van der Waals surface area contributed by atoms with Crippen LogP contribution in [0.5, 0.6) is 0 Å². The van der Waals surface area contributed by atoms with Crippen LogP contribution >= 0.6 is 11.3 Å². The topological polar surface area (TPSA) is 56.7 Å². The molecule has 0 aromatic carbocycles. The quantitative estimate of drug-likeness (QED) is 0.749. The Hall–Kier alpha value is -1.36. The molecule has 0 bridgehead atoms. The van der Waals surface area contributed by atoms with Gasteiger partial charge in [-0.25, -0.2) is 9.67 Å². The van der Waals surface area contributed by atoms with E-state index >= 15 is 0 Å². The summed E-state index contributed by atoms with van der Waals surface area (Å²) in [4.78, 5) is 5.27. The molecule has 0 saturated heterocycles. The summed E-state index contributed by atoms with van der Waals surface area (Å²) in [5.74, 6) is 0.829. The highest BCUT2D eigenvalue weighted by Crippen LogP contribution is 2.21. The summed E-state index contributed by atoms with van der Waals surface area (Å²) in [6.07, 6.45) is 3.73. The second kappa shape index (κ2) is 2.85. The molecule has 0 radical (unpaired) electrons. The Bertz CT molecular complexity index is 429. The van der Waals surface area contributed by atoms with Gasteiger partial charge in [-0.05, 0) is 19.4 Å². The minimum absolute atomic E-state index is 0.584. The van der Waals surface area contributed by atoms with Gasteiger partial charge in [0, 0.05) is 11.1 Å². The fourth-order valence-corrected chi connectivity index (χ4v) is 1.83. The third kappa shape index (κ3) is 1.42. The molecular weight excluding hydrogens is 184 g/mol. The Morgan fingerprint density at radius 2 is 2.23 bits per heavy atom. The van der Waals surface area contributed by atoms with Crippen LogP contribution in [-0.2, 0) is 0 Å². The summed E-state index contributed by atoms with van der Waals surface area (Å²) in [7, 11) is 0. The smallest absolute Gasteiger partial charge is 0.182 e. The van der Waals surface area contributed by atoms with Gasteiger partial charge in [0.1, 0.15) is 0 Å². The molecule has 2 aromatic rings. The monoisotopic (exact) mass is 194 g/mol. The van der Waals surface area contributed by atoms with Crippen molar-refractivity contribution in [2.75, 3.05) is 5.73 Å². The number of aromatic nitrogens is 3. The van der Waals surface area contributed by atoms with Gasteiger partial charge in [-0.15, -0.1) is 11.3 Å². The molecular formula is C8H10N4S. The molecule has 0 unspecified atom stereocenters. The highest BCUT2D eigenvalue weighted by atomic mass is 32.1. The first-order valence-electron chi connectivity index (χ1n) is 3.91. The summed E-state index contributed by atoms with van der Waals surface area (Å²) in [5, 5.41) is 4.75. The first-order chi connectivity index (χ1) is 6.16. The largest absolute Gasteiger partial charge is 0.375 e. The molecule has 0 saturated carbocycles. The van der Waals surface area contributed by atoms with Crippen LogP contribution in [0.4, 0.5) is 5.13 Å². The number of anilines is 1. The van der Waals surface area contributed by atoms with Gasteiger partial charge in [0.2, 0.25) is 0 Å². The maximum absolute atomic E-state index is 5.59. The Labute approximate surface area is 80.0 Å². The van der Waals surface area contributed by atoms with Crippen LogP contribution in [-0.4, -0.2) is 14.8 Å².